The van der Waals surface area contributed by atoms with E-state index in [0.29, 0.717) is 11.6 Å². The molecular formula is C19H26N2O2. The number of rotatable bonds is 4. The van der Waals surface area contributed by atoms with E-state index in [1.165, 1.54) is 20.0 Å². The molecule has 23 heavy (non-hydrogen) atoms. The standard InChI is InChI=1S/C19H26N2O2/c1-13-12-15(8-10-20-13)9-11-21-14(2)18(19(22)23-3)16-6-4-5-7-17(16)21/h4-7,13,15,20H,8-12H2,1-3H3. The van der Waals surface area contributed by atoms with Crippen molar-refractivity contribution in [2.24, 2.45) is 5.92 Å². The zero-order valence-electron chi connectivity index (χ0n) is 14.3. The Bertz CT molecular complexity index is 705. The Hall–Kier alpha value is -1.81. The van der Waals surface area contributed by atoms with E-state index < -0.39 is 0 Å². The van der Waals surface area contributed by atoms with E-state index >= 15 is 0 Å². The molecule has 2 atom stereocenters. The first-order valence-corrected chi connectivity index (χ1v) is 8.51. The molecule has 0 bridgehead atoms. The summed E-state index contributed by atoms with van der Waals surface area (Å²) in [6.07, 6.45) is 3.64. The van der Waals surface area contributed by atoms with Gasteiger partial charge in [-0.25, -0.2) is 4.79 Å². The third-order valence-corrected chi connectivity index (χ3v) is 5.11. The van der Waals surface area contributed by atoms with E-state index in [1.54, 1.807) is 0 Å². The Morgan fingerprint density at radius 3 is 2.91 bits per heavy atom. The molecule has 2 aromatic rings. The Morgan fingerprint density at radius 2 is 2.17 bits per heavy atom. The fraction of sp³-hybridized carbons (Fsp3) is 0.526. The molecule has 2 unspecified atom stereocenters. The Morgan fingerprint density at radius 1 is 1.39 bits per heavy atom. The maximum atomic E-state index is 12.2. The number of carbonyl (C=O) groups excluding carboxylic acids is 1. The predicted molar refractivity (Wildman–Crippen MR) is 92.8 cm³/mol. The van der Waals surface area contributed by atoms with Crippen molar-refractivity contribution in [1.29, 1.82) is 0 Å². The number of esters is 1. The van der Waals surface area contributed by atoms with Gasteiger partial charge in [-0.05, 0) is 51.6 Å². The summed E-state index contributed by atoms with van der Waals surface area (Å²) in [7, 11) is 1.45. The minimum Gasteiger partial charge on any atom is -0.465 e. The molecule has 0 amide bonds. The number of nitrogens with one attached hydrogen (secondary N) is 1. The van der Waals surface area contributed by atoms with E-state index in [1.807, 2.05) is 25.1 Å². The highest BCUT2D eigenvalue weighted by Crippen LogP contribution is 2.28. The van der Waals surface area contributed by atoms with Gasteiger partial charge in [-0.1, -0.05) is 18.2 Å². The second-order valence-electron chi connectivity index (χ2n) is 6.66. The lowest BCUT2D eigenvalue weighted by molar-refractivity contribution is 0.0602. The Kier molecular flexibility index (Phi) is 4.71. The minimum absolute atomic E-state index is 0.243. The molecule has 1 N–H and O–H groups in total. The fourth-order valence-corrected chi connectivity index (χ4v) is 3.89. The molecule has 1 aliphatic rings. The molecule has 0 saturated carbocycles. The zero-order valence-corrected chi connectivity index (χ0v) is 14.3. The van der Waals surface area contributed by atoms with Crippen molar-refractivity contribution in [3.05, 3.63) is 35.5 Å². The first-order valence-electron chi connectivity index (χ1n) is 8.51. The van der Waals surface area contributed by atoms with Crippen LogP contribution in [0.2, 0.25) is 0 Å². The highest BCUT2D eigenvalue weighted by atomic mass is 16.5. The second kappa shape index (κ2) is 6.75. The van der Waals surface area contributed by atoms with Gasteiger partial charge in [0.1, 0.15) is 0 Å². The summed E-state index contributed by atoms with van der Waals surface area (Å²) in [5.41, 5.74) is 2.86. The number of nitrogens with zero attached hydrogens (tertiary/aromatic N) is 1. The van der Waals surface area contributed by atoms with Gasteiger partial charge >= 0.3 is 5.97 Å². The maximum absolute atomic E-state index is 12.2. The van der Waals surface area contributed by atoms with E-state index in [4.69, 9.17) is 4.74 Å². The summed E-state index contributed by atoms with van der Waals surface area (Å²) >= 11 is 0. The number of hydrogen-bond donors (Lipinski definition) is 1. The zero-order chi connectivity index (χ0) is 16.4. The molecule has 1 fully saturated rings. The third kappa shape index (κ3) is 3.13. The van der Waals surface area contributed by atoms with Gasteiger partial charge in [0.15, 0.2) is 0 Å². The summed E-state index contributed by atoms with van der Waals surface area (Å²) in [6, 6.07) is 8.73. The highest BCUT2D eigenvalue weighted by molar-refractivity contribution is 6.05. The van der Waals surface area contributed by atoms with E-state index in [9.17, 15) is 4.79 Å². The number of ether oxygens (including phenoxy) is 1. The van der Waals surface area contributed by atoms with Gasteiger partial charge < -0.3 is 14.6 Å². The highest BCUT2D eigenvalue weighted by Gasteiger charge is 2.22. The van der Waals surface area contributed by atoms with Crippen molar-refractivity contribution in [3.8, 4) is 0 Å². The lowest BCUT2D eigenvalue weighted by Gasteiger charge is -2.28. The first-order chi connectivity index (χ1) is 11.1. The molecule has 1 aromatic carbocycles. The number of piperidine rings is 1. The summed E-state index contributed by atoms with van der Waals surface area (Å²) < 4.78 is 7.27. The van der Waals surface area contributed by atoms with Crippen LogP contribution in [0, 0.1) is 12.8 Å². The molecule has 1 aliphatic heterocycles. The predicted octanol–water partition coefficient (Wildman–Crippen LogP) is 3.51. The van der Waals surface area contributed by atoms with Crippen LogP contribution in [0.1, 0.15) is 42.2 Å². The van der Waals surface area contributed by atoms with Crippen LogP contribution in [0.25, 0.3) is 10.9 Å². The molecule has 1 aromatic heterocycles. The lowest BCUT2D eigenvalue weighted by atomic mass is 9.90. The van der Waals surface area contributed by atoms with Gasteiger partial charge in [-0.15, -0.1) is 0 Å². The largest absolute Gasteiger partial charge is 0.465 e. The average molecular weight is 314 g/mol. The van der Waals surface area contributed by atoms with Crippen LogP contribution in [0.3, 0.4) is 0 Å². The molecule has 4 nitrogen and oxygen atoms in total. The number of aryl methyl sites for hydroxylation is 1. The van der Waals surface area contributed by atoms with Crippen LogP contribution in [0.15, 0.2) is 24.3 Å². The molecule has 0 radical (unpaired) electrons. The van der Waals surface area contributed by atoms with Gasteiger partial charge in [0.2, 0.25) is 0 Å². The number of benzene rings is 1. The minimum atomic E-state index is -0.243. The number of methoxy groups -OCH3 is 1. The Balaban J connectivity index is 1.88. The monoisotopic (exact) mass is 314 g/mol. The molecule has 124 valence electrons. The van der Waals surface area contributed by atoms with Crippen LogP contribution < -0.4 is 5.32 Å². The molecule has 4 heteroatoms. The van der Waals surface area contributed by atoms with Gasteiger partial charge in [-0.2, -0.15) is 0 Å². The van der Waals surface area contributed by atoms with Crippen molar-refractivity contribution in [2.45, 2.75) is 45.7 Å². The molecule has 2 heterocycles. The van der Waals surface area contributed by atoms with Crippen molar-refractivity contribution in [2.75, 3.05) is 13.7 Å². The van der Waals surface area contributed by atoms with Crippen molar-refractivity contribution < 1.29 is 9.53 Å². The first kappa shape index (κ1) is 16.1. The molecular weight excluding hydrogens is 288 g/mol. The van der Waals surface area contributed by atoms with Gasteiger partial charge in [0, 0.05) is 29.2 Å². The van der Waals surface area contributed by atoms with Crippen LogP contribution in [0.4, 0.5) is 0 Å². The van der Waals surface area contributed by atoms with Crippen molar-refractivity contribution in [3.63, 3.8) is 0 Å². The summed E-state index contributed by atoms with van der Waals surface area (Å²) in [6.45, 7) is 6.36. The quantitative estimate of drug-likeness (QED) is 0.878. The van der Waals surface area contributed by atoms with Crippen LogP contribution in [-0.2, 0) is 11.3 Å². The number of carbonyl (C=O) groups is 1. The third-order valence-electron chi connectivity index (χ3n) is 5.11. The molecule has 0 spiro atoms. The normalized spacial score (nSPS) is 21.5. The van der Waals surface area contributed by atoms with E-state index in [-0.39, 0.29) is 5.97 Å². The summed E-state index contributed by atoms with van der Waals surface area (Å²) in [5.74, 6) is 0.515. The summed E-state index contributed by atoms with van der Waals surface area (Å²) in [4.78, 5) is 12.2. The van der Waals surface area contributed by atoms with Crippen LogP contribution >= 0.6 is 0 Å². The molecule has 0 aliphatic carbocycles. The van der Waals surface area contributed by atoms with Gasteiger partial charge in [0.25, 0.3) is 0 Å². The van der Waals surface area contributed by atoms with Crippen LogP contribution in [0.5, 0.6) is 0 Å². The number of aromatic nitrogens is 1. The topological polar surface area (TPSA) is 43.3 Å². The van der Waals surface area contributed by atoms with Crippen molar-refractivity contribution in [1.82, 2.24) is 9.88 Å². The SMILES string of the molecule is COC(=O)c1c(C)n(CCC2CCNC(C)C2)c2ccccc12. The smallest absolute Gasteiger partial charge is 0.340 e. The fourth-order valence-electron chi connectivity index (χ4n) is 3.89. The average Bonchev–Trinajstić information content (AvgIpc) is 2.84. The number of hydrogen-bond acceptors (Lipinski definition) is 3. The lowest BCUT2D eigenvalue weighted by Crippen LogP contribution is -2.36. The van der Waals surface area contributed by atoms with E-state index in [0.717, 1.165) is 42.0 Å². The maximum Gasteiger partial charge on any atom is 0.340 e. The second-order valence-corrected chi connectivity index (χ2v) is 6.66. The number of para-hydroxylation sites is 1. The Labute approximate surface area is 137 Å². The molecule has 3 rings (SSSR count). The molecule has 1 saturated heterocycles. The van der Waals surface area contributed by atoms with Gasteiger partial charge in [-0.3, -0.25) is 0 Å². The van der Waals surface area contributed by atoms with E-state index in [2.05, 4.69) is 22.9 Å². The van der Waals surface area contributed by atoms with Gasteiger partial charge in [0.05, 0.1) is 12.7 Å². The van der Waals surface area contributed by atoms with Crippen LogP contribution in [-0.4, -0.2) is 30.2 Å². The van der Waals surface area contributed by atoms with Crippen molar-refractivity contribution >= 4 is 16.9 Å². The number of fused-ring (bicyclic) bond motifs is 1. The summed E-state index contributed by atoms with van der Waals surface area (Å²) in [5, 5.41) is 4.51.